The molecule has 154 valence electrons. The first-order chi connectivity index (χ1) is 13.7. The SMILES string of the molecule is Cc1nn(C(C)C)c(C)c1S(=O)(=O)Nc1ncccc1OC(C)c1ccccc1. The summed E-state index contributed by atoms with van der Waals surface area (Å²) in [4.78, 5) is 4.36. The predicted octanol–water partition coefficient (Wildman–Crippen LogP) is 4.42. The molecule has 0 saturated heterocycles. The highest BCUT2D eigenvalue weighted by Gasteiger charge is 2.27. The van der Waals surface area contributed by atoms with Crippen molar-refractivity contribution < 1.29 is 13.2 Å². The zero-order valence-corrected chi connectivity index (χ0v) is 18.1. The Hall–Kier alpha value is -2.87. The van der Waals surface area contributed by atoms with Crippen molar-refractivity contribution in [3.8, 4) is 5.75 Å². The second-order valence-corrected chi connectivity index (χ2v) is 8.78. The number of benzene rings is 1. The van der Waals surface area contributed by atoms with Crippen molar-refractivity contribution in [2.75, 3.05) is 4.72 Å². The Kier molecular flexibility index (Phi) is 5.93. The van der Waals surface area contributed by atoms with Crippen LogP contribution in [-0.4, -0.2) is 23.2 Å². The fourth-order valence-electron chi connectivity index (χ4n) is 3.26. The minimum atomic E-state index is -3.89. The summed E-state index contributed by atoms with van der Waals surface area (Å²) in [6.07, 6.45) is 1.26. The molecule has 0 radical (unpaired) electrons. The molecule has 7 nitrogen and oxygen atoms in total. The van der Waals surface area contributed by atoms with E-state index in [9.17, 15) is 8.42 Å². The minimum absolute atomic E-state index is 0.0538. The van der Waals surface area contributed by atoms with Gasteiger partial charge in [-0.15, -0.1) is 0 Å². The highest BCUT2D eigenvalue weighted by atomic mass is 32.2. The van der Waals surface area contributed by atoms with Gasteiger partial charge in [0, 0.05) is 12.2 Å². The topological polar surface area (TPSA) is 86.1 Å². The molecule has 0 aliphatic rings. The van der Waals surface area contributed by atoms with Gasteiger partial charge >= 0.3 is 0 Å². The number of aryl methyl sites for hydroxylation is 1. The molecule has 1 unspecified atom stereocenters. The average molecular weight is 415 g/mol. The highest BCUT2D eigenvalue weighted by molar-refractivity contribution is 7.92. The number of nitrogens with one attached hydrogen (secondary N) is 1. The fourth-order valence-corrected chi connectivity index (χ4v) is 4.68. The normalized spacial score (nSPS) is 12.8. The van der Waals surface area contributed by atoms with Crippen molar-refractivity contribution in [2.45, 2.75) is 51.7 Å². The second kappa shape index (κ2) is 8.24. The molecule has 1 aromatic carbocycles. The van der Waals surface area contributed by atoms with Gasteiger partial charge in [-0.05, 0) is 52.3 Å². The van der Waals surface area contributed by atoms with E-state index in [1.807, 2.05) is 51.1 Å². The van der Waals surface area contributed by atoms with Crippen LogP contribution < -0.4 is 9.46 Å². The molecule has 1 atom stereocenters. The van der Waals surface area contributed by atoms with E-state index in [4.69, 9.17) is 4.74 Å². The first-order valence-corrected chi connectivity index (χ1v) is 10.9. The van der Waals surface area contributed by atoms with Crippen molar-refractivity contribution >= 4 is 15.8 Å². The van der Waals surface area contributed by atoms with E-state index in [0.717, 1.165) is 5.56 Å². The van der Waals surface area contributed by atoms with Gasteiger partial charge in [0.25, 0.3) is 10.0 Å². The van der Waals surface area contributed by atoms with Crippen LogP contribution in [0.25, 0.3) is 0 Å². The third-order valence-electron chi connectivity index (χ3n) is 4.59. The Morgan fingerprint density at radius 3 is 2.34 bits per heavy atom. The number of sulfonamides is 1. The Morgan fingerprint density at radius 2 is 1.72 bits per heavy atom. The van der Waals surface area contributed by atoms with E-state index >= 15 is 0 Å². The summed E-state index contributed by atoms with van der Waals surface area (Å²) in [6, 6.07) is 13.2. The number of rotatable bonds is 7. The molecule has 1 N–H and O–H groups in total. The maximum Gasteiger partial charge on any atom is 0.266 e. The molecule has 2 aromatic heterocycles. The molecular weight excluding hydrogens is 388 g/mol. The molecule has 29 heavy (non-hydrogen) atoms. The zero-order chi connectivity index (χ0) is 21.2. The van der Waals surface area contributed by atoms with Gasteiger partial charge in [0.2, 0.25) is 0 Å². The lowest BCUT2D eigenvalue weighted by Gasteiger charge is -2.18. The number of hydrogen-bond donors (Lipinski definition) is 1. The molecule has 0 aliphatic heterocycles. The van der Waals surface area contributed by atoms with Gasteiger partial charge in [-0.1, -0.05) is 30.3 Å². The quantitative estimate of drug-likeness (QED) is 0.619. The fraction of sp³-hybridized carbons (Fsp3) is 0.333. The van der Waals surface area contributed by atoms with E-state index in [1.165, 1.54) is 6.20 Å². The van der Waals surface area contributed by atoms with Crippen LogP contribution in [0.2, 0.25) is 0 Å². The largest absolute Gasteiger partial charge is 0.482 e. The molecule has 0 fully saturated rings. The summed E-state index contributed by atoms with van der Waals surface area (Å²) < 4.78 is 36.5. The van der Waals surface area contributed by atoms with E-state index in [-0.39, 0.29) is 22.9 Å². The number of anilines is 1. The summed E-state index contributed by atoms with van der Waals surface area (Å²) in [6.45, 7) is 9.26. The molecule has 0 saturated carbocycles. The number of hydrogen-bond acceptors (Lipinski definition) is 5. The van der Waals surface area contributed by atoms with Crippen LogP contribution in [0, 0.1) is 13.8 Å². The lowest BCUT2D eigenvalue weighted by Crippen LogP contribution is -2.17. The van der Waals surface area contributed by atoms with E-state index in [2.05, 4.69) is 14.8 Å². The van der Waals surface area contributed by atoms with Crippen LogP contribution in [0.3, 0.4) is 0 Å². The van der Waals surface area contributed by atoms with Crippen molar-refractivity contribution in [3.63, 3.8) is 0 Å². The van der Waals surface area contributed by atoms with Crippen molar-refractivity contribution in [2.24, 2.45) is 0 Å². The Balaban J connectivity index is 1.91. The van der Waals surface area contributed by atoms with Gasteiger partial charge in [-0.25, -0.2) is 13.4 Å². The second-order valence-electron chi connectivity index (χ2n) is 7.16. The highest BCUT2D eigenvalue weighted by Crippen LogP contribution is 2.30. The number of nitrogens with zero attached hydrogens (tertiary/aromatic N) is 3. The smallest absolute Gasteiger partial charge is 0.266 e. The van der Waals surface area contributed by atoms with Crippen molar-refractivity contribution in [1.29, 1.82) is 0 Å². The summed E-state index contributed by atoms with van der Waals surface area (Å²) in [7, 11) is -3.89. The number of ether oxygens (including phenoxy) is 1. The summed E-state index contributed by atoms with van der Waals surface area (Å²) in [5, 5.41) is 4.37. The Labute approximate surface area is 171 Å². The third-order valence-corrected chi connectivity index (χ3v) is 6.18. The van der Waals surface area contributed by atoms with Crippen LogP contribution in [0.4, 0.5) is 5.82 Å². The van der Waals surface area contributed by atoms with Crippen LogP contribution in [0.1, 0.15) is 49.9 Å². The first-order valence-electron chi connectivity index (χ1n) is 9.46. The van der Waals surface area contributed by atoms with E-state index in [1.54, 1.807) is 30.7 Å². The van der Waals surface area contributed by atoms with E-state index in [0.29, 0.717) is 17.1 Å². The number of aromatic nitrogens is 3. The van der Waals surface area contributed by atoms with Gasteiger partial charge in [-0.3, -0.25) is 9.40 Å². The predicted molar refractivity (Wildman–Crippen MR) is 113 cm³/mol. The number of pyridine rings is 1. The van der Waals surface area contributed by atoms with Crippen molar-refractivity contribution in [1.82, 2.24) is 14.8 Å². The maximum absolute atomic E-state index is 13.1. The zero-order valence-electron chi connectivity index (χ0n) is 17.2. The molecule has 3 aromatic rings. The summed E-state index contributed by atoms with van der Waals surface area (Å²) >= 11 is 0. The maximum atomic E-state index is 13.1. The first kappa shape index (κ1) is 20.9. The van der Waals surface area contributed by atoms with Gasteiger partial charge in [0.1, 0.15) is 11.0 Å². The van der Waals surface area contributed by atoms with Gasteiger partial charge in [-0.2, -0.15) is 5.10 Å². The lowest BCUT2D eigenvalue weighted by atomic mass is 10.1. The molecule has 0 bridgehead atoms. The van der Waals surface area contributed by atoms with Gasteiger partial charge in [0.15, 0.2) is 11.6 Å². The Bertz CT molecular complexity index is 1090. The molecule has 0 amide bonds. The molecule has 3 rings (SSSR count). The van der Waals surface area contributed by atoms with Crippen LogP contribution in [-0.2, 0) is 10.0 Å². The molecular formula is C21H26N4O3S. The van der Waals surface area contributed by atoms with Crippen LogP contribution in [0.5, 0.6) is 5.75 Å². The standard InChI is InChI=1S/C21H26N4O3S/c1-14(2)25-16(4)20(15(3)23-25)29(26,27)24-21-19(12-9-13-22-21)28-17(5)18-10-7-6-8-11-18/h6-14,17H,1-5H3,(H,22,24). The van der Waals surface area contributed by atoms with Crippen molar-refractivity contribution in [3.05, 3.63) is 65.6 Å². The Morgan fingerprint density at radius 1 is 1.03 bits per heavy atom. The summed E-state index contributed by atoms with van der Waals surface area (Å²) in [5.41, 5.74) is 2.01. The summed E-state index contributed by atoms with van der Waals surface area (Å²) in [5.74, 6) is 0.505. The monoisotopic (exact) mass is 414 g/mol. The third kappa shape index (κ3) is 4.42. The van der Waals surface area contributed by atoms with Crippen LogP contribution >= 0.6 is 0 Å². The van der Waals surface area contributed by atoms with Crippen LogP contribution in [0.15, 0.2) is 53.6 Å². The average Bonchev–Trinajstić information content (AvgIpc) is 2.99. The molecule has 8 heteroatoms. The van der Waals surface area contributed by atoms with Gasteiger partial charge < -0.3 is 4.74 Å². The lowest BCUT2D eigenvalue weighted by molar-refractivity contribution is 0.227. The molecule has 2 heterocycles. The van der Waals surface area contributed by atoms with Gasteiger partial charge in [0.05, 0.1) is 11.4 Å². The molecule has 0 aliphatic carbocycles. The van der Waals surface area contributed by atoms with E-state index < -0.39 is 10.0 Å². The minimum Gasteiger partial charge on any atom is -0.482 e. The molecule has 0 spiro atoms.